The summed E-state index contributed by atoms with van der Waals surface area (Å²) in [5.41, 5.74) is 0.516. The zero-order valence-corrected chi connectivity index (χ0v) is 13.2. The van der Waals surface area contributed by atoms with Crippen molar-refractivity contribution in [3.05, 3.63) is 11.1 Å². The predicted molar refractivity (Wildman–Crippen MR) is 83.7 cm³/mol. The van der Waals surface area contributed by atoms with Crippen molar-refractivity contribution in [3.8, 4) is 0 Å². The lowest BCUT2D eigenvalue weighted by Crippen LogP contribution is -2.47. The highest BCUT2D eigenvalue weighted by Gasteiger charge is 2.33. The first kappa shape index (κ1) is 14.8. The van der Waals surface area contributed by atoms with Crippen LogP contribution in [0.4, 0.5) is 5.13 Å². The third-order valence-electron chi connectivity index (χ3n) is 4.61. The topological polar surface area (TPSA) is 65.5 Å². The van der Waals surface area contributed by atoms with Crippen LogP contribution in [0.15, 0.2) is 5.38 Å². The van der Waals surface area contributed by atoms with Crippen molar-refractivity contribution in [1.29, 1.82) is 0 Å². The average molecular weight is 309 g/mol. The molecule has 2 fully saturated rings. The van der Waals surface area contributed by atoms with Gasteiger partial charge in [-0.15, -0.1) is 11.3 Å². The number of carbonyl (C=O) groups excluding carboxylic acids is 1. The fourth-order valence-corrected chi connectivity index (χ4v) is 3.84. The average Bonchev–Trinajstić information content (AvgIpc) is 2.92. The van der Waals surface area contributed by atoms with Gasteiger partial charge in [-0.1, -0.05) is 19.3 Å². The third kappa shape index (κ3) is 3.37. The maximum absolute atomic E-state index is 12.4. The Morgan fingerprint density at radius 3 is 2.76 bits per heavy atom. The van der Waals surface area contributed by atoms with Crippen LogP contribution in [0.25, 0.3) is 0 Å². The number of nitrogens with zero attached hydrogens (tertiary/aromatic N) is 2. The molecule has 1 amide bonds. The van der Waals surface area contributed by atoms with Crippen LogP contribution in [-0.4, -0.2) is 46.1 Å². The summed E-state index contributed by atoms with van der Waals surface area (Å²) in [5.74, 6) is -0.0418. The number of nitrogens with one attached hydrogen (secondary N) is 1. The van der Waals surface area contributed by atoms with Gasteiger partial charge in [0.25, 0.3) is 5.91 Å². The molecular weight excluding hydrogens is 286 g/mol. The van der Waals surface area contributed by atoms with Crippen LogP contribution >= 0.6 is 11.3 Å². The van der Waals surface area contributed by atoms with Crippen LogP contribution in [-0.2, 0) is 0 Å². The van der Waals surface area contributed by atoms with Gasteiger partial charge in [-0.2, -0.15) is 0 Å². The predicted octanol–water partition coefficient (Wildman–Crippen LogP) is 2.48. The smallest absolute Gasteiger partial charge is 0.273 e. The van der Waals surface area contributed by atoms with Gasteiger partial charge in [0.05, 0.1) is 6.10 Å². The van der Waals surface area contributed by atoms with E-state index in [-0.39, 0.29) is 18.1 Å². The van der Waals surface area contributed by atoms with Gasteiger partial charge in [-0.25, -0.2) is 4.98 Å². The standard InChI is InChI=1S/C15H23N3O2S/c1-18(11-7-12(19)8-11)14(20)13-9-21-15(17-13)16-10-5-3-2-4-6-10/h9-12,19H,2-8H2,1H3,(H,16,17). The lowest BCUT2D eigenvalue weighted by molar-refractivity contribution is 0.0130. The molecule has 5 nitrogen and oxygen atoms in total. The molecule has 1 aromatic rings. The molecule has 6 heteroatoms. The molecule has 1 aromatic heterocycles. The first-order valence-corrected chi connectivity index (χ1v) is 8.68. The molecule has 116 valence electrons. The van der Waals surface area contributed by atoms with E-state index in [1.54, 1.807) is 11.9 Å². The van der Waals surface area contributed by atoms with Crippen molar-refractivity contribution in [1.82, 2.24) is 9.88 Å². The van der Waals surface area contributed by atoms with Gasteiger partial charge >= 0.3 is 0 Å². The molecule has 2 aliphatic rings. The van der Waals surface area contributed by atoms with E-state index in [9.17, 15) is 9.90 Å². The number of amides is 1. The summed E-state index contributed by atoms with van der Waals surface area (Å²) in [5, 5.41) is 15.5. The summed E-state index contributed by atoms with van der Waals surface area (Å²) < 4.78 is 0. The van der Waals surface area contributed by atoms with Gasteiger partial charge in [0, 0.05) is 24.5 Å². The first-order valence-electron chi connectivity index (χ1n) is 7.81. The van der Waals surface area contributed by atoms with Crippen molar-refractivity contribution in [2.45, 2.75) is 63.1 Å². The minimum absolute atomic E-state index is 0.0418. The van der Waals surface area contributed by atoms with Crippen molar-refractivity contribution in [2.75, 3.05) is 12.4 Å². The number of anilines is 1. The monoisotopic (exact) mass is 309 g/mol. The van der Waals surface area contributed by atoms with Crippen molar-refractivity contribution in [2.24, 2.45) is 0 Å². The Balaban J connectivity index is 1.57. The molecule has 2 saturated carbocycles. The van der Waals surface area contributed by atoms with Crippen molar-refractivity contribution in [3.63, 3.8) is 0 Å². The highest BCUT2D eigenvalue weighted by atomic mass is 32.1. The van der Waals surface area contributed by atoms with E-state index < -0.39 is 0 Å². The number of hydrogen-bond acceptors (Lipinski definition) is 5. The number of aromatic nitrogens is 1. The second-order valence-corrected chi connectivity index (χ2v) is 7.07. The summed E-state index contributed by atoms with van der Waals surface area (Å²) in [7, 11) is 1.80. The fourth-order valence-electron chi connectivity index (χ4n) is 3.08. The Hall–Kier alpha value is -1.14. The van der Waals surface area contributed by atoms with Crippen LogP contribution in [0.3, 0.4) is 0 Å². The maximum Gasteiger partial charge on any atom is 0.273 e. The summed E-state index contributed by atoms with van der Waals surface area (Å²) in [6.07, 6.45) is 7.40. The molecule has 3 rings (SSSR count). The highest BCUT2D eigenvalue weighted by Crippen LogP contribution is 2.27. The molecule has 21 heavy (non-hydrogen) atoms. The molecule has 0 unspecified atom stereocenters. The van der Waals surface area contributed by atoms with Gasteiger partial charge in [-0.3, -0.25) is 4.79 Å². The summed E-state index contributed by atoms with van der Waals surface area (Å²) in [6, 6.07) is 0.663. The molecule has 0 aliphatic heterocycles. The molecule has 0 radical (unpaired) electrons. The lowest BCUT2D eigenvalue weighted by atomic mass is 9.88. The van der Waals surface area contributed by atoms with Gasteiger partial charge in [-0.05, 0) is 25.7 Å². The molecule has 1 heterocycles. The molecule has 0 atom stereocenters. The van der Waals surface area contributed by atoms with E-state index in [0.29, 0.717) is 24.6 Å². The molecule has 2 aliphatic carbocycles. The zero-order valence-electron chi connectivity index (χ0n) is 12.4. The first-order chi connectivity index (χ1) is 10.1. The molecule has 0 spiro atoms. The number of hydrogen-bond donors (Lipinski definition) is 2. The van der Waals surface area contributed by atoms with E-state index in [2.05, 4.69) is 10.3 Å². The Labute approximate surface area is 129 Å². The van der Waals surface area contributed by atoms with Crippen LogP contribution < -0.4 is 5.32 Å². The third-order valence-corrected chi connectivity index (χ3v) is 5.39. The van der Waals surface area contributed by atoms with Gasteiger partial charge in [0.2, 0.25) is 0 Å². The Morgan fingerprint density at radius 2 is 2.10 bits per heavy atom. The minimum atomic E-state index is -0.246. The van der Waals surface area contributed by atoms with Gasteiger partial charge < -0.3 is 15.3 Å². The SMILES string of the molecule is CN(C(=O)c1csc(NC2CCCCC2)n1)C1CC(O)C1. The quantitative estimate of drug-likeness (QED) is 0.897. The van der Waals surface area contributed by atoms with E-state index in [4.69, 9.17) is 0 Å². The number of rotatable bonds is 4. The van der Waals surface area contributed by atoms with Crippen LogP contribution in [0.5, 0.6) is 0 Å². The van der Waals surface area contributed by atoms with E-state index in [0.717, 1.165) is 5.13 Å². The van der Waals surface area contributed by atoms with E-state index in [1.165, 1.54) is 43.4 Å². The fraction of sp³-hybridized carbons (Fsp3) is 0.733. The Bertz CT molecular complexity index is 493. The zero-order chi connectivity index (χ0) is 14.8. The number of thiazole rings is 1. The normalized spacial score (nSPS) is 26.2. The minimum Gasteiger partial charge on any atom is -0.393 e. The summed E-state index contributed by atoms with van der Waals surface area (Å²) in [4.78, 5) is 18.5. The molecular formula is C15H23N3O2S. The number of aliphatic hydroxyl groups excluding tert-OH is 1. The Kier molecular flexibility index (Phi) is 4.45. The van der Waals surface area contributed by atoms with Crippen molar-refractivity contribution >= 4 is 22.4 Å². The van der Waals surface area contributed by atoms with Crippen LogP contribution in [0.1, 0.15) is 55.4 Å². The second-order valence-electron chi connectivity index (χ2n) is 6.21. The molecule has 0 bridgehead atoms. The lowest BCUT2D eigenvalue weighted by Gasteiger charge is -2.38. The molecule has 2 N–H and O–H groups in total. The summed E-state index contributed by atoms with van der Waals surface area (Å²) in [6.45, 7) is 0. The number of carbonyl (C=O) groups is 1. The second kappa shape index (κ2) is 6.32. The van der Waals surface area contributed by atoms with Gasteiger partial charge in [0.15, 0.2) is 5.13 Å². The van der Waals surface area contributed by atoms with E-state index in [1.807, 2.05) is 5.38 Å². The van der Waals surface area contributed by atoms with Gasteiger partial charge in [0.1, 0.15) is 5.69 Å². The summed E-state index contributed by atoms with van der Waals surface area (Å²) >= 11 is 1.51. The molecule has 0 saturated heterocycles. The largest absolute Gasteiger partial charge is 0.393 e. The Morgan fingerprint density at radius 1 is 1.38 bits per heavy atom. The highest BCUT2D eigenvalue weighted by molar-refractivity contribution is 7.13. The maximum atomic E-state index is 12.4. The van der Waals surface area contributed by atoms with Crippen molar-refractivity contribution < 1.29 is 9.90 Å². The molecule has 0 aromatic carbocycles. The van der Waals surface area contributed by atoms with E-state index >= 15 is 0 Å². The van der Waals surface area contributed by atoms with Crippen LogP contribution in [0, 0.1) is 0 Å². The number of aliphatic hydroxyl groups is 1. The van der Waals surface area contributed by atoms with Crippen LogP contribution in [0.2, 0.25) is 0 Å².